The fourth-order valence-corrected chi connectivity index (χ4v) is 3.91. The molecule has 1 aromatic carbocycles. The standard InChI is InChI=1S/C21H23ClN4O.ClH/c1-14-12-23-19-18(14)17(21(27)26-9-4-2-3-5-10-26)13-24-20(19)25-16-8-6-7-15(22)11-16;/h6-8,11-13,23H,2-5,9-10H2,1H3,(H,24,25);1H. The summed E-state index contributed by atoms with van der Waals surface area (Å²) < 4.78 is 0. The van der Waals surface area contributed by atoms with Crippen LogP contribution in [0.25, 0.3) is 10.9 Å². The van der Waals surface area contributed by atoms with Gasteiger partial charge in [-0.15, -0.1) is 12.4 Å². The predicted molar refractivity (Wildman–Crippen MR) is 117 cm³/mol. The summed E-state index contributed by atoms with van der Waals surface area (Å²) in [6.07, 6.45) is 8.16. The van der Waals surface area contributed by atoms with E-state index >= 15 is 0 Å². The van der Waals surface area contributed by atoms with Crippen molar-refractivity contribution >= 4 is 52.3 Å². The van der Waals surface area contributed by atoms with E-state index in [1.165, 1.54) is 12.8 Å². The lowest BCUT2D eigenvalue weighted by Gasteiger charge is -2.21. The predicted octanol–water partition coefficient (Wildman–Crippen LogP) is 5.71. The van der Waals surface area contributed by atoms with Crippen molar-refractivity contribution in [1.29, 1.82) is 0 Å². The summed E-state index contributed by atoms with van der Waals surface area (Å²) in [7, 11) is 0. The average Bonchev–Trinajstić information content (AvgIpc) is 2.88. The smallest absolute Gasteiger partial charge is 0.256 e. The number of aryl methyl sites for hydroxylation is 1. The number of fused-ring (bicyclic) bond motifs is 1. The number of H-pyrrole nitrogens is 1. The van der Waals surface area contributed by atoms with Gasteiger partial charge in [0.1, 0.15) is 0 Å². The first-order valence-corrected chi connectivity index (χ1v) is 9.80. The lowest BCUT2D eigenvalue weighted by atomic mass is 10.1. The molecule has 0 spiro atoms. The lowest BCUT2D eigenvalue weighted by molar-refractivity contribution is 0.0763. The third-order valence-corrected chi connectivity index (χ3v) is 5.35. The molecule has 0 radical (unpaired) electrons. The number of aromatic nitrogens is 2. The summed E-state index contributed by atoms with van der Waals surface area (Å²) in [4.78, 5) is 23.0. The Morgan fingerprint density at radius 1 is 1.21 bits per heavy atom. The van der Waals surface area contributed by atoms with Crippen LogP contribution in [-0.4, -0.2) is 33.9 Å². The maximum Gasteiger partial charge on any atom is 0.256 e. The minimum Gasteiger partial charge on any atom is -0.358 e. The van der Waals surface area contributed by atoms with Gasteiger partial charge >= 0.3 is 0 Å². The normalized spacial score (nSPS) is 14.4. The number of likely N-dealkylation sites (tertiary alicyclic amines) is 1. The van der Waals surface area contributed by atoms with Crippen LogP contribution in [0.5, 0.6) is 0 Å². The van der Waals surface area contributed by atoms with Gasteiger partial charge in [-0.25, -0.2) is 4.98 Å². The number of anilines is 2. The molecule has 0 saturated carbocycles. The van der Waals surface area contributed by atoms with E-state index < -0.39 is 0 Å². The third kappa shape index (κ3) is 4.10. The molecule has 28 heavy (non-hydrogen) atoms. The summed E-state index contributed by atoms with van der Waals surface area (Å²) in [5.41, 5.74) is 3.41. The number of aromatic amines is 1. The molecule has 4 rings (SSSR count). The Morgan fingerprint density at radius 2 is 1.96 bits per heavy atom. The second kappa shape index (κ2) is 8.84. The van der Waals surface area contributed by atoms with Crippen LogP contribution in [-0.2, 0) is 0 Å². The molecule has 5 nitrogen and oxygen atoms in total. The van der Waals surface area contributed by atoms with Gasteiger partial charge in [-0.1, -0.05) is 30.5 Å². The first-order chi connectivity index (χ1) is 13.1. The van der Waals surface area contributed by atoms with Crippen LogP contribution in [0.2, 0.25) is 5.02 Å². The summed E-state index contributed by atoms with van der Waals surface area (Å²) >= 11 is 6.08. The number of carbonyl (C=O) groups is 1. The molecule has 3 aromatic rings. The van der Waals surface area contributed by atoms with E-state index in [1.54, 1.807) is 6.20 Å². The molecular formula is C21H24Cl2N4O. The quantitative estimate of drug-likeness (QED) is 0.572. The Kier molecular flexibility index (Phi) is 6.47. The maximum atomic E-state index is 13.2. The molecule has 0 bridgehead atoms. The first kappa shape index (κ1) is 20.5. The summed E-state index contributed by atoms with van der Waals surface area (Å²) in [5, 5.41) is 4.90. The van der Waals surface area contributed by atoms with Crippen LogP contribution in [0.4, 0.5) is 11.5 Å². The number of rotatable bonds is 3. The second-order valence-electron chi connectivity index (χ2n) is 7.08. The van der Waals surface area contributed by atoms with Gasteiger partial charge in [0, 0.05) is 41.6 Å². The molecule has 0 aliphatic carbocycles. The van der Waals surface area contributed by atoms with Gasteiger partial charge in [-0.3, -0.25) is 4.79 Å². The zero-order chi connectivity index (χ0) is 18.8. The highest BCUT2D eigenvalue weighted by Crippen LogP contribution is 2.30. The second-order valence-corrected chi connectivity index (χ2v) is 7.52. The van der Waals surface area contributed by atoms with Crippen LogP contribution in [0, 0.1) is 6.92 Å². The zero-order valence-corrected chi connectivity index (χ0v) is 17.4. The maximum absolute atomic E-state index is 13.2. The van der Waals surface area contributed by atoms with Crippen molar-refractivity contribution in [3.8, 4) is 0 Å². The number of benzene rings is 1. The van der Waals surface area contributed by atoms with Crippen LogP contribution < -0.4 is 5.32 Å². The van der Waals surface area contributed by atoms with E-state index in [0.717, 1.165) is 48.1 Å². The summed E-state index contributed by atoms with van der Waals surface area (Å²) in [6.45, 7) is 3.67. The highest BCUT2D eigenvalue weighted by molar-refractivity contribution is 6.30. The van der Waals surface area contributed by atoms with Gasteiger partial charge in [0.15, 0.2) is 5.82 Å². The minimum absolute atomic E-state index is 0. The lowest BCUT2D eigenvalue weighted by Crippen LogP contribution is -2.32. The number of pyridine rings is 1. The van der Waals surface area contributed by atoms with Gasteiger partial charge in [0.25, 0.3) is 5.91 Å². The molecule has 2 N–H and O–H groups in total. The Hall–Kier alpha value is -2.24. The zero-order valence-electron chi connectivity index (χ0n) is 15.8. The van der Waals surface area contributed by atoms with E-state index in [9.17, 15) is 4.79 Å². The van der Waals surface area contributed by atoms with E-state index in [2.05, 4.69) is 15.3 Å². The number of nitrogens with one attached hydrogen (secondary N) is 2. The Morgan fingerprint density at radius 3 is 2.68 bits per heavy atom. The highest BCUT2D eigenvalue weighted by Gasteiger charge is 2.22. The fourth-order valence-electron chi connectivity index (χ4n) is 3.72. The van der Waals surface area contributed by atoms with Crippen LogP contribution in [0.15, 0.2) is 36.7 Å². The number of halogens is 2. The molecule has 0 atom stereocenters. The SMILES string of the molecule is Cc1c[nH]c2c(Nc3cccc(Cl)c3)ncc(C(=O)N3CCCCCC3)c12.Cl. The van der Waals surface area contributed by atoms with Crippen LogP contribution in [0.1, 0.15) is 41.6 Å². The molecule has 148 valence electrons. The molecular weight excluding hydrogens is 395 g/mol. The topological polar surface area (TPSA) is 61.0 Å². The number of nitrogens with zero attached hydrogens (tertiary/aromatic N) is 2. The van der Waals surface area contributed by atoms with Crippen molar-refractivity contribution < 1.29 is 4.79 Å². The molecule has 3 heterocycles. The van der Waals surface area contributed by atoms with Crippen molar-refractivity contribution in [2.24, 2.45) is 0 Å². The molecule has 2 aromatic heterocycles. The monoisotopic (exact) mass is 418 g/mol. The fraction of sp³-hybridized carbons (Fsp3) is 0.333. The summed E-state index contributed by atoms with van der Waals surface area (Å²) in [6, 6.07) is 7.50. The molecule has 1 aliphatic rings. The summed E-state index contributed by atoms with van der Waals surface area (Å²) in [5.74, 6) is 0.763. The number of carbonyl (C=O) groups excluding carboxylic acids is 1. The number of hydrogen-bond donors (Lipinski definition) is 2. The van der Waals surface area contributed by atoms with Crippen LogP contribution >= 0.6 is 24.0 Å². The highest BCUT2D eigenvalue weighted by atomic mass is 35.5. The Bertz CT molecular complexity index is 978. The first-order valence-electron chi connectivity index (χ1n) is 9.42. The van der Waals surface area contributed by atoms with Gasteiger partial charge in [0.05, 0.1) is 11.1 Å². The van der Waals surface area contributed by atoms with Gasteiger partial charge in [-0.05, 0) is 43.5 Å². The van der Waals surface area contributed by atoms with E-state index in [1.807, 2.05) is 42.3 Å². The van der Waals surface area contributed by atoms with E-state index in [0.29, 0.717) is 16.4 Å². The van der Waals surface area contributed by atoms with Crippen molar-refractivity contribution in [3.05, 3.63) is 52.8 Å². The molecule has 1 saturated heterocycles. The van der Waals surface area contributed by atoms with Gasteiger partial charge in [-0.2, -0.15) is 0 Å². The minimum atomic E-state index is 0. The van der Waals surface area contributed by atoms with E-state index in [-0.39, 0.29) is 18.3 Å². The average molecular weight is 419 g/mol. The van der Waals surface area contributed by atoms with Crippen molar-refractivity contribution in [2.45, 2.75) is 32.6 Å². The van der Waals surface area contributed by atoms with Gasteiger partial charge < -0.3 is 15.2 Å². The Labute approximate surface area is 175 Å². The Balaban J connectivity index is 0.00000225. The van der Waals surface area contributed by atoms with Crippen molar-refractivity contribution in [2.75, 3.05) is 18.4 Å². The molecule has 1 amide bonds. The van der Waals surface area contributed by atoms with E-state index in [4.69, 9.17) is 11.6 Å². The number of amides is 1. The third-order valence-electron chi connectivity index (χ3n) is 5.12. The number of hydrogen-bond acceptors (Lipinski definition) is 3. The molecule has 7 heteroatoms. The molecule has 1 fully saturated rings. The van der Waals surface area contributed by atoms with Crippen LogP contribution in [0.3, 0.4) is 0 Å². The molecule has 1 aliphatic heterocycles. The van der Waals surface area contributed by atoms with Crippen molar-refractivity contribution in [3.63, 3.8) is 0 Å². The van der Waals surface area contributed by atoms with Gasteiger partial charge in [0.2, 0.25) is 0 Å². The van der Waals surface area contributed by atoms with Crippen molar-refractivity contribution in [1.82, 2.24) is 14.9 Å². The largest absolute Gasteiger partial charge is 0.358 e. The molecule has 0 unspecified atom stereocenters.